The molecule has 0 unspecified atom stereocenters. The Morgan fingerprint density at radius 1 is 1.67 bits per heavy atom. The maximum absolute atomic E-state index is 10.5. The summed E-state index contributed by atoms with van der Waals surface area (Å²) >= 11 is 3.15. The SMILES string of the molecule is CCC/C=C(\Br)C(C)=O. The van der Waals surface area contributed by atoms with Crippen LogP contribution in [-0.4, -0.2) is 5.78 Å². The van der Waals surface area contributed by atoms with Gasteiger partial charge in [0.15, 0.2) is 5.78 Å². The average molecular weight is 191 g/mol. The van der Waals surface area contributed by atoms with Crippen molar-refractivity contribution >= 4 is 21.7 Å². The third-order valence-electron chi connectivity index (χ3n) is 0.949. The number of hydrogen-bond donors (Lipinski definition) is 0. The van der Waals surface area contributed by atoms with E-state index in [-0.39, 0.29) is 5.78 Å². The van der Waals surface area contributed by atoms with Gasteiger partial charge < -0.3 is 0 Å². The van der Waals surface area contributed by atoms with E-state index in [1.807, 2.05) is 6.08 Å². The van der Waals surface area contributed by atoms with E-state index in [9.17, 15) is 4.79 Å². The molecule has 0 aliphatic heterocycles. The second-order valence-corrected chi connectivity index (χ2v) is 2.75. The highest BCUT2D eigenvalue weighted by Crippen LogP contribution is 2.07. The van der Waals surface area contributed by atoms with E-state index in [1.54, 1.807) is 6.92 Å². The molecule has 0 heterocycles. The minimum atomic E-state index is 0.100. The van der Waals surface area contributed by atoms with Crippen molar-refractivity contribution < 1.29 is 4.79 Å². The first-order valence-electron chi connectivity index (χ1n) is 3.05. The van der Waals surface area contributed by atoms with Gasteiger partial charge >= 0.3 is 0 Å². The van der Waals surface area contributed by atoms with E-state index in [0.29, 0.717) is 4.48 Å². The van der Waals surface area contributed by atoms with Crippen LogP contribution in [0.3, 0.4) is 0 Å². The Bertz CT molecular complexity index is 127. The standard InChI is InChI=1S/C7H11BrO/c1-3-4-5-7(8)6(2)9/h5H,3-4H2,1-2H3/b7-5-. The smallest absolute Gasteiger partial charge is 0.166 e. The number of allylic oxidation sites excluding steroid dienone is 2. The second kappa shape index (κ2) is 4.74. The maximum atomic E-state index is 10.5. The first-order chi connectivity index (χ1) is 4.18. The zero-order chi connectivity index (χ0) is 7.28. The molecule has 0 radical (unpaired) electrons. The molecule has 0 spiro atoms. The molecule has 0 aromatic carbocycles. The van der Waals surface area contributed by atoms with Gasteiger partial charge in [0.05, 0.1) is 4.48 Å². The fraction of sp³-hybridized carbons (Fsp3) is 0.571. The highest BCUT2D eigenvalue weighted by Gasteiger charge is 1.94. The third kappa shape index (κ3) is 4.40. The van der Waals surface area contributed by atoms with Crippen LogP contribution in [0.1, 0.15) is 26.7 Å². The lowest BCUT2D eigenvalue weighted by Gasteiger charge is -1.88. The molecule has 9 heavy (non-hydrogen) atoms. The lowest BCUT2D eigenvalue weighted by molar-refractivity contribution is -0.112. The molecule has 0 atom stereocenters. The van der Waals surface area contributed by atoms with Gasteiger partial charge in [-0.25, -0.2) is 0 Å². The van der Waals surface area contributed by atoms with Crippen LogP contribution >= 0.6 is 15.9 Å². The van der Waals surface area contributed by atoms with Gasteiger partial charge in [-0.05, 0) is 29.3 Å². The van der Waals surface area contributed by atoms with Gasteiger partial charge in [0.2, 0.25) is 0 Å². The van der Waals surface area contributed by atoms with Crippen LogP contribution in [-0.2, 0) is 4.79 Å². The van der Waals surface area contributed by atoms with Crippen LogP contribution in [0.5, 0.6) is 0 Å². The molecular formula is C7H11BrO. The van der Waals surface area contributed by atoms with Crippen molar-refractivity contribution in [1.29, 1.82) is 0 Å². The van der Waals surface area contributed by atoms with Crippen molar-refractivity contribution in [3.05, 3.63) is 10.6 Å². The Balaban J connectivity index is 3.69. The molecule has 2 heteroatoms. The lowest BCUT2D eigenvalue weighted by atomic mass is 10.3. The van der Waals surface area contributed by atoms with E-state index >= 15 is 0 Å². The summed E-state index contributed by atoms with van der Waals surface area (Å²) in [7, 11) is 0. The first-order valence-corrected chi connectivity index (χ1v) is 3.84. The summed E-state index contributed by atoms with van der Waals surface area (Å²) in [6.07, 6.45) is 3.96. The topological polar surface area (TPSA) is 17.1 Å². The minimum Gasteiger partial charge on any atom is -0.294 e. The van der Waals surface area contributed by atoms with Gasteiger partial charge in [-0.15, -0.1) is 0 Å². The molecule has 0 bridgehead atoms. The van der Waals surface area contributed by atoms with Crippen molar-refractivity contribution in [3.8, 4) is 0 Å². The molecule has 0 rings (SSSR count). The normalized spacial score (nSPS) is 11.7. The van der Waals surface area contributed by atoms with E-state index in [0.717, 1.165) is 12.8 Å². The number of ketones is 1. The molecule has 0 saturated carbocycles. The van der Waals surface area contributed by atoms with Crippen LogP contribution in [0.25, 0.3) is 0 Å². The first kappa shape index (κ1) is 8.89. The van der Waals surface area contributed by atoms with Gasteiger partial charge in [0, 0.05) is 0 Å². The molecule has 0 aromatic heterocycles. The Kier molecular flexibility index (Phi) is 4.68. The predicted octanol–water partition coefficient (Wildman–Crippen LogP) is 2.65. The predicted molar refractivity (Wildman–Crippen MR) is 42.6 cm³/mol. The Morgan fingerprint density at radius 2 is 2.22 bits per heavy atom. The molecule has 0 aromatic rings. The van der Waals surface area contributed by atoms with Crippen LogP contribution in [0, 0.1) is 0 Å². The van der Waals surface area contributed by atoms with Crippen LogP contribution < -0.4 is 0 Å². The number of Topliss-reactive ketones (excluding diaryl/α,β-unsaturated/α-hetero) is 1. The fourth-order valence-electron chi connectivity index (χ4n) is 0.415. The third-order valence-corrected chi connectivity index (χ3v) is 1.83. The Hall–Kier alpha value is -0.110. The summed E-state index contributed by atoms with van der Waals surface area (Å²) in [5.74, 6) is 0.100. The van der Waals surface area contributed by atoms with Gasteiger partial charge in [-0.1, -0.05) is 19.4 Å². The number of hydrogen-bond acceptors (Lipinski definition) is 1. The van der Waals surface area contributed by atoms with Crippen LogP contribution in [0.15, 0.2) is 10.6 Å². The molecule has 0 aliphatic rings. The zero-order valence-electron chi connectivity index (χ0n) is 5.78. The number of carbonyl (C=O) groups excluding carboxylic acids is 1. The van der Waals surface area contributed by atoms with Crippen LogP contribution in [0.2, 0.25) is 0 Å². The summed E-state index contributed by atoms with van der Waals surface area (Å²) in [6, 6.07) is 0. The minimum absolute atomic E-state index is 0.100. The molecule has 0 aliphatic carbocycles. The van der Waals surface area contributed by atoms with E-state index < -0.39 is 0 Å². The fourth-order valence-corrected chi connectivity index (χ4v) is 0.644. The Labute approximate surface area is 64.3 Å². The van der Waals surface area contributed by atoms with Gasteiger partial charge in [-0.2, -0.15) is 0 Å². The summed E-state index contributed by atoms with van der Waals surface area (Å²) in [4.78, 5) is 10.5. The van der Waals surface area contributed by atoms with Crippen molar-refractivity contribution in [3.63, 3.8) is 0 Å². The second-order valence-electron chi connectivity index (χ2n) is 1.90. The number of carbonyl (C=O) groups is 1. The molecule has 0 N–H and O–H groups in total. The summed E-state index contributed by atoms with van der Waals surface area (Å²) in [6.45, 7) is 3.63. The molecule has 52 valence electrons. The van der Waals surface area contributed by atoms with Gasteiger partial charge in [-0.3, -0.25) is 4.79 Å². The quantitative estimate of drug-likeness (QED) is 0.626. The van der Waals surface area contributed by atoms with Crippen molar-refractivity contribution in [2.24, 2.45) is 0 Å². The van der Waals surface area contributed by atoms with Crippen molar-refractivity contribution in [2.45, 2.75) is 26.7 Å². The number of unbranched alkanes of at least 4 members (excludes halogenated alkanes) is 1. The molecule has 1 nitrogen and oxygen atoms in total. The summed E-state index contributed by atoms with van der Waals surface area (Å²) in [5.41, 5.74) is 0. The number of rotatable bonds is 3. The largest absolute Gasteiger partial charge is 0.294 e. The maximum Gasteiger partial charge on any atom is 0.166 e. The summed E-state index contributed by atoms with van der Waals surface area (Å²) < 4.78 is 0.698. The van der Waals surface area contributed by atoms with Crippen molar-refractivity contribution in [2.75, 3.05) is 0 Å². The van der Waals surface area contributed by atoms with Crippen molar-refractivity contribution in [1.82, 2.24) is 0 Å². The van der Waals surface area contributed by atoms with E-state index in [4.69, 9.17) is 0 Å². The van der Waals surface area contributed by atoms with E-state index in [1.165, 1.54) is 0 Å². The molecule has 0 amide bonds. The molecular weight excluding hydrogens is 180 g/mol. The zero-order valence-corrected chi connectivity index (χ0v) is 7.36. The van der Waals surface area contributed by atoms with Gasteiger partial charge in [0.1, 0.15) is 0 Å². The van der Waals surface area contributed by atoms with Gasteiger partial charge in [0.25, 0.3) is 0 Å². The molecule has 0 saturated heterocycles. The summed E-state index contributed by atoms with van der Waals surface area (Å²) in [5, 5.41) is 0. The van der Waals surface area contributed by atoms with Crippen LogP contribution in [0.4, 0.5) is 0 Å². The highest BCUT2D eigenvalue weighted by molar-refractivity contribution is 9.12. The van der Waals surface area contributed by atoms with E-state index in [2.05, 4.69) is 22.9 Å². The number of halogens is 1. The average Bonchev–Trinajstić information content (AvgIpc) is 1.82. The lowest BCUT2D eigenvalue weighted by Crippen LogP contribution is -1.86. The Morgan fingerprint density at radius 3 is 2.56 bits per heavy atom. The molecule has 0 fully saturated rings. The highest BCUT2D eigenvalue weighted by atomic mass is 79.9. The monoisotopic (exact) mass is 190 g/mol.